The number of hydrogen-bond acceptors (Lipinski definition) is 4. The minimum Gasteiger partial charge on any atom is -0.497 e. The lowest BCUT2D eigenvalue weighted by molar-refractivity contribution is 0.412. The van der Waals surface area contributed by atoms with Crippen LogP contribution in [0.25, 0.3) is 0 Å². The van der Waals surface area contributed by atoms with Crippen molar-refractivity contribution < 1.29 is 14.8 Å². The first-order valence-electron chi connectivity index (χ1n) is 7.77. The summed E-state index contributed by atoms with van der Waals surface area (Å²) in [5, 5.41) is 18.3. The first-order chi connectivity index (χ1) is 11.4. The molecule has 0 radical (unpaired) electrons. The first kappa shape index (κ1) is 18.5. The SMILES string of the molecule is CC(C)C1=Nc2c(Cl)cccc2C1.COc1cccc(B(O)O)c1. The average Bonchev–Trinajstić information content (AvgIpc) is 3.01. The molecule has 0 unspecified atom stereocenters. The monoisotopic (exact) mass is 345 g/mol. The van der Waals surface area contributed by atoms with Crippen molar-refractivity contribution in [2.45, 2.75) is 20.3 Å². The third kappa shape index (κ3) is 4.60. The number of para-hydroxylation sites is 1. The van der Waals surface area contributed by atoms with Crippen LogP contribution in [0.2, 0.25) is 5.02 Å². The van der Waals surface area contributed by atoms with E-state index in [-0.39, 0.29) is 0 Å². The summed E-state index contributed by atoms with van der Waals surface area (Å²) in [7, 11) is 0.105. The Morgan fingerprint density at radius 3 is 2.46 bits per heavy atom. The molecule has 1 aliphatic rings. The Balaban J connectivity index is 0.000000177. The number of nitrogens with zero attached hydrogens (tertiary/aromatic N) is 1. The molecule has 0 bridgehead atoms. The molecule has 6 heteroatoms. The van der Waals surface area contributed by atoms with Crippen molar-refractivity contribution in [2.24, 2.45) is 10.9 Å². The van der Waals surface area contributed by atoms with Crippen LogP contribution in [0, 0.1) is 5.92 Å². The number of ether oxygens (including phenoxy) is 1. The molecule has 2 aromatic rings. The molecule has 126 valence electrons. The fourth-order valence-corrected chi connectivity index (χ4v) is 2.58. The van der Waals surface area contributed by atoms with Crippen molar-refractivity contribution in [3.63, 3.8) is 0 Å². The molecule has 0 amide bonds. The number of fused-ring (bicyclic) bond motifs is 1. The van der Waals surface area contributed by atoms with E-state index < -0.39 is 7.12 Å². The van der Waals surface area contributed by atoms with Crippen LogP contribution in [0.5, 0.6) is 5.75 Å². The Labute approximate surface area is 147 Å². The van der Waals surface area contributed by atoms with Crippen molar-refractivity contribution in [1.29, 1.82) is 0 Å². The van der Waals surface area contributed by atoms with Gasteiger partial charge in [0.05, 0.1) is 17.8 Å². The third-order valence-corrected chi connectivity index (χ3v) is 4.06. The van der Waals surface area contributed by atoms with Gasteiger partial charge in [0.25, 0.3) is 0 Å². The maximum absolute atomic E-state index is 8.74. The van der Waals surface area contributed by atoms with Crippen molar-refractivity contribution in [3.05, 3.63) is 53.1 Å². The summed E-state index contributed by atoms with van der Waals surface area (Å²) in [4.78, 5) is 4.54. The minimum absolute atomic E-state index is 0.435. The largest absolute Gasteiger partial charge is 0.497 e. The highest BCUT2D eigenvalue weighted by molar-refractivity contribution is 6.58. The van der Waals surface area contributed by atoms with Crippen LogP contribution in [0.3, 0.4) is 0 Å². The van der Waals surface area contributed by atoms with Crippen molar-refractivity contribution in [1.82, 2.24) is 0 Å². The van der Waals surface area contributed by atoms with Gasteiger partial charge in [-0.1, -0.05) is 49.7 Å². The Kier molecular flexibility index (Phi) is 6.43. The molecule has 0 spiro atoms. The van der Waals surface area contributed by atoms with Gasteiger partial charge in [-0.25, -0.2) is 0 Å². The van der Waals surface area contributed by atoms with E-state index in [1.54, 1.807) is 24.3 Å². The molecule has 24 heavy (non-hydrogen) atoms. The summed E-state index contributed by atoms with van der Waals surface area (Å²) in [6, 6.07) is 12.6. The standard InChI is InChI=1S/C11H12ClN.C7H9BO3/c1-7(2)10-6-8-4-3-5-9(12)11(8)13-10;1-11-7-4-2-3-6(5-7)8(9)10/h3-5,7H,6H2,1-2H3;2-5,9-10H,1H3. The van der Waals surface area contributed by atoms with Crippen molar-refractivity contribution in [2.75, 3.05) is 7.11 Å². The van der Waals surface area contributed by atoms with E-state index in [0.29, 0.717) is 17.1 Å². The normalized spacial score (nSPS) is 12.2. The van der Waals surface area contributed by atoms with Crippen LogP contribution in [-0.2, 0) is 6.42 Å². The van der Waals surface area contributed by atoms with Crippen molar-refractivity contribution >= 4 is 35.6 Å². The highest BCUT2D eigenvalue weighted by Crippen LogP contribution is 2.35. The molecular formula is C18H21BClNO3. The molecule has 0 saturated carbocycles. The van der Waals surface area contributed by atoms with Crippen LogP contribution in [-0.4, -0.2) is 30.0 Å². The summed E-state index contributed by atoms with van der Waals surface area (Å²) in [6.45, 7) is 4.33. The summed E-state index contributed by atoms with van der Waals surface area (Å²) in [5.74, 6) is 1.14. The van der Waals surface area contributed by atoms with Crippen LogP contribution in [0.1, 0.15) is 19.4 Å². The molecular weight excluding hydrogens is 324 g/mol. The number of benzene rings is 2. The van der Waals surface area contributed by atoms with Gasteiger partial charge < -0.3 is 14.8 Å². The lowest BCUT2D eigenvalue weighted by Crippen LogP contribution is -2.29. The number of rotatable bonds is 3. The highest BCUT2D eigenvalue weighted by Gasteiger charge is 2.18. The molecule has 0 saturated heterocycles. The molecule has 3 rings (SSSR count). The zero-order valence-corrected chi connectivity index (χ0v) is 14.8. The summed E-state index contributed by atoms with van der Waals surface area (Å²) in [5.41, 5.74) is 3.91. The number of hydrogen-bond donors (Lipinski definition) is 2. The van der Waals surface area contributed by atoms with E-state index in [9.17, 15) is 0 Å². The van der Waals surface area contributed by atoms with Crippen LogP contribution < -0.4 is 10.2 Å². The van der Waals surface area contributed by atoms with Crippen molar-refractivity contribution in [3.8, 4) is 5.75 Å². The quantitative estimate of drug-likeness (QED) is 0.841. The smallest absolute Gasteiger partial charge is 0.488 e. The summed E-state index contributed by atoms with van der Waals surface area (Å²) >= 11 is 6.03. The zero-order valence-electron chi connectivity index (χ0n) is 14.0. The van der Waals surface area contributed by atoms with Gasteiger partial charge in [0.2, 0.25) is 0 Å². The lowest BCUT2D eigenvalue weighted by atomic mass is 9.80. The number of halogens is 1. The third-order valence-electron chi connectivity index (χ3n) is 3.76. The fraction of sp³-hybridized carbons (Fsp3) is 0.278. The fourth-order valence-electron chi connectivity index (χ4n) is 2.34. The van der Waals surface area contributed by atoms with Crippen LogP contribution in [0.4, 0.5) is 5.69 Å². The molecule has 4 nitrogen and oxygen atoms in total. The molecule has 0 aliphatic carbocycles. The van der Waals surface area contributed by atoms with Gasteiger partial charge in [-0.15, -0.1) is 0 Å². The van der Waals surface area contributed by atoms with Crippen LogP contribution >= 0.6 is 11.6 Å². The molecule has 0 atom stereocenters. The Morgan fingerprint density at radius 1 is 1.17 bits per heavy atom. The van der Waals surface area contributed by atoms with Gasteiger partial charge in [-0.05, 0) is 35.1 Å². The second-order valence-corrected chi connectivity index (χ2v) is 6.24. The van der Waals surface area contributed by atoms with E-state index in [1.807, 2.05) is 12.1 Å². The molecule has 0 aromatic heterocycles. The van der Waals surface area contributed by atoms with E-state index in [0.717, 1.165) is 17.1 Å². The Hall–Kier alpha value is -1.82. The Bertz CT molecular complexity index is 732. The summed E-state index contributed by atoms with van der Waals surface area (Å²) in [6.07, 6.45) is 0.966. The topological polar surface area (TPSA) is 62.0 Å². The van der Waals surface area contributed by atoms with Gasteiger partial charge in [-0.2, -0.15) is 0 Å². The van der Waals surface area contributed by atoms with Gasteiger partial charge in [0.1, 0.15) is 5.75 Å². The average molecular weight is 346 g/mol. The van der Waals surface area contributed by atoms with E-state index in [1.165, 1.54) is 18.4 Å². The predicted molar refractivity (Wildman–Crippen MR) is 99.9 cm³/mol. The Morgan fingerprint density at radius 2 is 1.88 bits per heavy atom. The van der Waals surface area contributed by atoms with E-state index in [4.69, 9.17) is 26.4 Å². The second kappa shape index (κ2) is 8.33. The lowest BCUT2D eigenvalue weighted by Gasteiger charge is -2.01. The van der Waals surface area contributed by atoms with Gasteiger partial charge in [0.15, 0.2) is 0 Å². The molecule has 2 aromatic carbocycles. The van der Waals surface area contributed by atoms with E-state index in [2.05, 4.69) is 24.9 Å². The maximum Gasteiger partial charge on any atom is 0.488 e. The molecule has 1 heterocycles. The number of aliphatic imine (C=N–C) groups is 1. The van der Waals surface area contributed by atoms with Crippen LogP contribution in [0.15, 0.2) is 47.5 Å². The van der Waals surface area contributed by atoms with Gasteiger partial charge >= 0.3 is 7.12 Å². The molecule has 0 fully saturated rings. The predicted octanol–water partition coefficient (Wildman–Crippen LogP) is 3.00. The highest BCUT2D eigenvalue weighted by atomic mass is 35.5. The number of methoxy groups -OCH3 is 1. The minimum atomic E-state index is -1.43. The first-order valence-corrected chi connectivity index (χ1v) is 8.15. The molecule has 2 N–H and O–H groups in total. The van der Waals surface area contributed by atoms with Gasteiger partial charge in [-0.3, -0.25) is 4.99 Å². The van der Waals surface area contributed by atoms with Gasteiger partial charge in [0, 0.05) is 12.1 Å². The summed E-state index contributed by atoms with van der Waals surface area (Å²) < 4.78 is 4.88. The maximum atomic E-state index is 8.74. The van der Waals surface area contributed by atoms with E-state index >= 15 is 0 Å². The zero-order chi connectivity index (χ0) is 17.7. The second-order valence-electron chi connectivity index (χ2n) is 5.83. The molecule has 1 aliphatic heterocycles.